The maximum absolute atomic E-state index is 13.3. The van der Waals surface area contributed by atoms with E-state index < -0.39 is 0 Å². The number of aromatic nitrogens is 3. The highest BCUT2D eigenvalue weighted by Crippen LogP contribution is 2.42. The van der Waals surface area contributed by atoms with Gasteiger partial charge in [-0.3, -0.25) is 9.69 Å². The van der Waals surface area contributed by atoms with Crippen LogP contribution in [0.25, 0.3) is 5.69 Å². The van der Waals surface area contributed by atoms with Gasteiger partial charge in [-0.05, 0) is 49.9 Å². The summed E-state index contributed by atoms with van der Waals surface area (Å²) in [7, 11) is 0. The standard InChI is InChI=1S/C21H26BrN5O/c22-16-7-9-18(10-8-16)27-20(15-5-6-15)19(23-24-27)21(28)26-13-11-25(12-14-26)17-3-1-2-4-17/h7-10,15,17H,1-6,11-14H2. The van der Waals surface area contributed by atoms with E-state index >= 15 is 0 Å². The molecular weight excluding hydrogens is 418 g/mol. The van der Waals surface area contributed by atoms with E-state index in [1.807, 2.05) is 33.8 Å². The van der Waals surface area contributed by atoms with Gasteiger partial charge in [0.15, 0.2) is 5.69 Å². The van der Waals surface area contributed by atoms with Crippen molar-refractivity contribution in [2.75, 3.05) is 26.2 Å². The summed E-state index contributed by atoms with van der Waals surface area (Å²) in [4.78, 5) is 17.8. The molecule has 28 heavy (non-hydrogen) atoms. The van der Waals surface area contributed by atoms with E-state index in [-0.39, 0.29) is 5.91 Å². The number of rotatable bonds is 4. The molecule has 3 fully saturated rings. The molecule has 0 N–H and O–H groups in total. The second-order valence-electron chi connectivity index (χ2n) is 8.25. The molecule has 0 atom stereocenters. The Balaban J connectivity index is 1.34. The van der Waals surface area contributed by atoms with Crippen LogP contribution in [-0.4, -0.2) is 62.9 Å². The highest BCUT2D eigenvalue weighted by molar-refractivity contribution is 9.10. The minimum atomic E-state index is 0.0522. The third kappa shape index (κ3) is 3.50. The van der Waals surface area contributed by atoms with Crippen LogP contribution in [0.15, 0.2) is 28.7 Å². The predicted molar refractivity (Wildman–Crippen MR) is 111 cm³/mol. The SMILES string of the molecule is O=C(c1nnn(-c2ccc(Br)cc2)c1C1CC1)N1CCN(C2CCCC2)CC1. The average molecular weight is 444 g/mol. The summed E-state index contributed by atoms with van der Waals surface area (Å²) in [5, 5.41) is 8.71. The maximum Gasteiger partial charge on any atom is 0.276 e. The molecule has 148 valence electrons. The maximum atomic E-state index is 13.3. The molecule has 0 radical (unpaired) electrons. The van der Waals surface area contributed by atoms with E-state index in [2.05, 4.69) is 31.1 Å². The molecule has 6 nitrogen and oxygen atoms in total. The molecule has 7 heteroatoms. The highest BCUT2D eigenvalue weighted by Gasteiger charge is 2.36. The van der Waals surface area contributed by atoms with Crippen LogP contribution in [0, 0.1) is 0 Å². The predicted octanol–water partition coefficient (Wildman–Crippen LogP) is 3.61. The minimum Gasteiger partial charge on any atom is -0.335 e. The van der Waals surface area contributed by atoms with Crippen LogP contribution in [-0.2, 0) is 0 Å². The van der Waals surface area contributed by atoms with Gasteiger partial charge in [0.25, 0.3) is 5.91 Å². The van der Waals surface area contributed by atoms with Crippen molar-refractivity contribution in [1.82, 2.24) is 24.8 Å². The van der Waals surface area contributed by atoms with Gasteiger partial charge in [-0.25, -0.2) is 4.68 Å². The van der Waals surface area contributed by atoms with Gasteiger partial charge in [-0.1, -0.05) is 34.0 Å². The van der Waals surface area contributed by atoms with Crippen LogP contribution in [0.3, 0.4) is 0 Å². The van der Waals surface area contributed by atoms with Gasteiger partial charge in [-0.2, -0.15) is 0 Å². The number of carbonyl (C=O) groups is 1. The van der Waals surface area contributed by atoms with E-state index in [0.29, 0.717) is 11.6 Å². The molecule has 3 aliphatic rings. The molecule has 1 aromatic carbocycles. The molecule has 0 unspecified atom stereocenters. The van der Waals surface area contributed by atoms with E-state index in [9.17, 15) is 4.79 Å². The lowest BCUT2D eigenvalue weighted by Gasteiger charge is -2.37. The Kier molecular flexibility index (Phi) is 4.97. The van der Waals surface area contributed by atoms with Crippen LogP contribution in [0.1, 0.15) is 60.6 Å². The van der Waals surface area contributed by atoms with E-state index in [0.717, 1.165) is 60.9 Å². The zero-order valence-corrected chi connectivity index (χ0v) is 17.6. The van der Waals surface area contributed by atoms with Crippen molar-refractivity contribution in [2.45, 2.75) is 50.5 Å². The van der Waals surface area contributed by atoms with Crippen molar-refractivity contribution in [3.8, 4) is 5.69 Å². The average Bonchev–Trinajstić information content (AvgIpc) is 3.24. The highest BCUT2D eigenvalue weighted by atomic mass is 79.9. The summed E-state index contributed by atoms with van der Waals surface area (Å²) >= 11 is 3.48. The lowest BCUT2D eigenvalue weighted by Crippen LogP contribution is -2.51. The lowest BCUT2D eigenvalue weighted by molar-refractivity contribution is 0.0567. The van der Waals surface area contributed by atoms with Crippen molar-refractivity contribution < 1.29 is 4.79 Å². The summed E-state index contributed by atoms with van der Waals surface area (Å²) in [5.41, 5.74) is 2.51. The summed E-state index contributed by atoms with van der Waals surface area (Å²) < 4.78 is 2.90. The Hall–Kier alpha value is -1.73. The van der Waals surface area contributed by atoms with Gasteiger partial charge >= 0.3 is 0 Å². The van der Waals surface area contributed by atoms with Gasteiger partial charge < -0.3 is 4.90 Å². The second kappa shape index (κ2) is 7.59. The van der Waals surface area contributed by atoms with E-state index in [1.54, 1.807) is 0 Å². The summed E-state index contributed by atoms with van der Waals surface area (Å²) in [5.74, 6) is 0.453. The van der Waals surface area contributed by atoms with Gasteiger partial charge in [0, 0.05) is 42.6 Å². The van der Waals surface area contributed by atoms with Crippen LogP contribution in [0.2, 0.25) is 0 Å². The summed E-state index contributed by atoms with van der Waals surface area (Å²) in [6.45, 7) is 3.56. The Morgan fingerprint density at radius 1 is 0.964 bits per heavy atom. The molecule has 0 spiro atoms. The van der Waals surface area contributed by atoms with Crippen molar-refractivity contribution in [2.24, 2.45) is 0 Å². The molecule has 2 aliphatic carbocycles. The zero-order valence-electron chi connectivity index (χ0n) is 16.1. The first-order chi connectivity index (χ1) is 13.7. The number of benzene rings is 1. The van der Waals surface area contributed by atoms with Crippen LogP contribution < -0.4 is 0 Å². The first kappa shape index (κ1) is 18.3. The Labute approximate surface area is 174 Å². The quantitative estimate of drug-likeness (QED) is 0.723. The minimum absolute atomic E-state index is 0.0522. The Morgan fingerprint density at radius 2 is 1.64 bits per heavy atom. The van der Waals surface area contributed by atoms with Crippen LogP contribution in [0.4, 0.5) is 0 Å². The lowest BCUT2D eigenvalue weighted by atomic mass is 10.1. The Morgan fingerprint density at radius 3 is 2.29 bits per heavy atom. The fourth-order valence-corrected chi connectivity index (χ4v) is 4.91. The fourth-order valence-electron chi connectivity index (χ4n) is 4.65. The monoisotopic (exact) mass is 443 g/mol. The number of halogens is 1. The Bertz CT molecular complexity index is 846. The van der Waals surface area contributed by atoms with Crippen molar-refractivity contribution in [3.05, 3.63) is 40.1 Å². The van der Waals surface area contributed by atoms with Gasteiger partial charge in [0.1, 0.15) is 0 Å². The summed E-state index contributed by atoms with van der Waals surface area (Å²) in [6.07, 6.45) is 7.57. The van der Waals surface area contributed by atoms with E-state index in [4.69, 9.17) is 0 Å². The smallest absolute Gasteiger partial charge is 0.276 e. The van der Waals surface area contributed by atoms with Gasteiger partial charge in [-0.15, -0.1) is 5.10 Å². The largest absolute Gasteiger partial charge is 0.335 e. The van der Waals surface area contributed by atoms with Crippen LogP contribution in [0.5, 0.6) is 0 Å². The molecule has 1 aromatic heterocycles. The number of hydrogen-bond acceptors (Lipinski definition) is 4. The van der Waals surface area contributed by atoms with Crippen LogP contribution >= 0.6 is 15.9 Å². The van der Waals surface area contributed by atoms with Gasteiger partial charge in [0.05, 0.1) is 11.4 Å². The van der Waals surface area contributed by atoms with E-state index in [1.165, 1.54) is 25.7 Å². The molecular formula is C21H26BrN5O. The first-order valence-corrected chi connectivity index (χ1v) is 11.2. The van der Waals surface area contributed by atoms with Crippen molar-refractivity contribution >= 4 is 21.8 Å². The molecule has 0 bridgehead atoms. The molecule has 2 aromatic rings. The number of piperazine rings is 1. The first-order valence-electron chi connectivity index (χ1n) is 10.5. The number of carbonyl (C=O) groups excluding carboxylic acids is 1. The van der Waals surface area contributed by atoms with Crippen molar-refractivity contribution in [3.63, 3.8) is 0 Å². The molecule has 2 saturated carbocycles. The third-order valence-corrected chi connectivity index (χ3v) is 6.91. The molecule has 1 saturated heterocycles. The fraction of sp³-hybridized carbons (Fsp3) is 0.571. The number of hydrogen-bond donors (Lipinski definition) is 0. The summed E-state index contributed by atoms with van der Waals surface area (Å²) in [6, 6.07) is 8.76. The molecule has 2 heterocycles. The number of nitrogens with zero attached hydrogens (tertiary/aromatic N) is 5. The molecule has 1 amide bonds. The second-order valence-corrected chi connectivity index (χ2v) is 9.17. The van der Waals surface area contributed by atoms with Gasteiger partial charge in [0.2, 0.25) is 0 Å². The molecule has 5 rings (SSSR count). The third-order valence-electron chi connectivity index (χ3n) is 6.39. The number of amides is 1. The normalized spacial score (nSPS) is 21.4. The van der Waals surface area contributed by atoms with Crippen molar-refractivity contribution in [1.29, 1.82) is 0 Å². The zero-order chi connectivity index (χ0) is 19.1. The topological polar surface area (TPSA) is 54.3 Å². The molecule has 1 aliphatic heterocycles.